The van der Waals surface area contributed by atoms with Gasteiger partial charge in [-0.25, -0.2) is 4.39 Å². The Hall–Kier alpha value is -1.17. The first-order valence-corrected chi connectivity index (χ1v) is 7.42. The molecule has 0 unspecified atom stereocenters. The molecule has 116 valence electrons. The topological polar surface area (TPSA) is 41.6 Å². The highest BCUT2D eigenvalue weighted by atomic mass is 35.5. The van der Waals surface area contributed by atoms with Crippen molar-refractivity contribution in [2.24, 2.45) is 0 Å². The van der Waals surface area contributed by atoms with Gasteiger partial charge in [0.15, 0.2) is 0 Å². The predicted molar refractivity (Wildman–Crippen MR) is 81.1 cm³/mol. The van der Waals surface area contributed by atoms with Crippen LogP contribution in [0.5, 0.6) is 0 Å². The molecule has 0 bridgehead atoms. The van der Waals surface area contributed by atoms with Crippen LogP contribution >= 0.6 is 11.6 Å². The fourth-order valence-corrected chi connectivity index (χ4v) is 2.67. The van der Waals surface area contributed by atoms with Crippen LogP contribution in [0, 0.1) is 5.82 Å². The molecule has 4 nitrogen and oxygen atoms in total. The molecule has 0 radical (unpaired) electrons. The molecule has 1 amide bonds. The Morgan fingerprint density at radius 1 is 1.48 bits per heavy atom. The summed E-state index contributed by atoms with van der Waals surface area (Å²) in [5.74, 6) is -0.613. The Balaban J connectivity index is 1.92. The minimum absolute atomic E-state index is 0.00126. The van der Waals surface area contributed by atoms with Gasteiger partial charge in [-0.05, 0) is 38.0 Å². The molecule has 21 heavy (non-hydrogen) atoms. The molecule has 1 aromatic carbocycles. The van der Waals surface area contributed by atoms with Crippen LogP contribution < -0.4 is 5.32 Å². The van der Waals surface area contributed by atoms with Gasteiger partial charge in [0.1, 0.15) is 5.82 Å². The molecular weight excluding hydrogens is 295 g/mol. The summed E-state index contributed by atoms with van der Waals surface area (Å²) in [5.41, 5.74) is 0.505. The van der Waals surface area contributed by atoms with Crippen LogP contribution in [0.3, 0.4) is 0 Å². The van der Waals surface area contributed by atoms with E-state index in [1.165, 1.54) is 18.2 Å². The zero-order valence-electron chi connectivity index (χ0n) is 12.2. The average molecular weight is 315 g/mol. The normalized spacial score (nSPS) is 18.5. The highest BCUT2D eigenvalue weighted by Gasteiger charge is 2.26. The lowest BCUT2D eigenvalue weighted by Gasteiger charge is -2.34. The second-order valence-corrected chi connectivity index (χ2v) is 5.67. The van der Waals surface area contributed by atoms with Crippen molar-refractivity contribution in [1.29, 1.82) is 0 Å². The molecule has 0 aliphatic carbocycles. The number of benzene rings is 1. The lowest BCUT2D eigenvalue weighted by Crippen LogP contribution is -2.47. The molecule has 0 aromatic heterocycles. The molecule has 1 N–H and O–H groups in total. The molecule has 6 heteroatoms. The molecule has 1 fully saturated rings. The maximum absolute atomic E-state index is 13.1. The number of nitrogens with zero attached hydrogens (tertiary/aromatic N) is 1. The number of likely N-dealkylation sites (tertiary alicyclic amines) is 1. The van der Waals surface area contributed by atoms with Crippen molar-refractivity contribution in [3.63, 3.8) is 0 Å². The maximum Gasteiger partial charge on any atom is 0.241 e. The van der Waals surface area contributed by atoms with Crippen LogP contribution in [0.15, 0.2) is 18.2 Å². The molecule has 2 rings (SSSR count). The van der Waals surface area contributed by atoms with Crippen molar-refractivity contribution in [1.82, 2.24) is 4.90 Å². The molecule has 1 saturated heterocycles. The summed E-state index contributed by atoms with van der Waals surface area (Å²) < 4.78 is 18.4. The smallest absolute Gasteiger partial charge is 0.241 e. The Morgan fingerprint density at radius 3 is 2.71 bits per heavy atom. The first-order chi connectivity index (χ1) is 10.0. The number of nitrogens with one attached hydrogen (secondary N) is 1. The fourth-order valence-electron chi connectivity index (χ4n) is 2.49. The first kappa shape index (κ1) is 16.2. The number of methoxy groups -OCH3 is 1. The summed E-state index contributed by atoms with van der Waals surface area (Å²) >= 11 is 5.71. The summed E-state index contributed by atoms with van der Waals surface area (Å²) in [6.07, 6.45) is 2.14. The van der Waals surface area contributed by atoms with E-state index in [4.69, 9.17) is 16.3 Å². The van der Waals surface area contributed by atoms with Crippen molar-refractivity contribution in [3.8, 4) is 0 Å². The van der Waals surface area contributed by atoms with E-state index in [2.05, 4.69) is 10.2 Å². The van der Waals surface area contributed by atoms with Crippen LogP contribution in [0.4, 0.5) is 10.1 Å². The SMILES string of the molecule is COC1CCN([C@@H](C)C(=O)Nc2ccc(F)c(Cl)c2)CC1. The number of carbonyl (C=O) groups is 1. The number of ether oxygens (including phenoxy) is 1. The van der Waals surface area contributed by atoms with E-state index in [9.17, 15) is 9.18 Å². The molecule has 1 aromatic rings. The van der Waals surface area contributed by atoms with E-state index >= 15 is 0 Å². The highest BCUT2D eigenvalue weighted by Crippen LogP contribution is 2.20. The van der Waals surface area contributed by atoms with E-state index in [0.717, 1.165) is 25.9 Å². The number of hydrogen-bond acceptors (Lipinski definition) is 3. The van der Waals surface area contributed by atoms with Gasteiger partial charge in [-0.2, -0.15) is 0 Å². The quantitative estimate of drug-likeness (QED) is 0.929. The number of rotatable bonds is 4. The summed E-state index contributed by atoms with van der Waals surface area (Å²) in [7, 11) is 1.72. The third kappa shape index (κ3) is 4.15. The number of halogens is 2. The number of anilines is 1. The number of carbonyl (C=O) groups excluding carboxylic acids is 1. The van der Waals surface area contributed by atoms with Crippen LogP contribution in [0.25, 0.3) is 0 Å². The molecular formula is C15H20ClFN2O2. The molecule has 0 saturated carbocycles. The van der Waals surface area contributed by atoms with Crippen molar-refractivity contribution in [2.45, 2.75) is 31.9 Å². The Kier molecular flexibility index (Phi) is 5.56. The Bertz CT molecular complexity index is 504. The monoisotopic (exact) mass is 314 g/mol. The van der Waals surface area contributed by atoms with E-state index in [0.29, 0.717) is 5.69 Å². The molecule has 0 spiro atoms. The summed E-state index contributed by atoms with van der Waals surface area (Å²) in [6.45, 7) is 3.53. The van der Waals surface area contributed by atoms with Gasteiger partial charge >= 0.3 is 0 Å². The van der Waals surface area contributed by atoms with Crippen molar-refractivity contribution in [3.05, 3.63) is 29.0 Å². The van der Waals surface area contributed by atoms with Crippen molar-refractivity contribution >= 4 is 23.2 Å². The Morgan fingerprint density at radius 2 is 2.14 bits per heavy atom. The van der Waals surface area contributed by atoms with E-state index in [1.807, 2.05) is 6.92 Å². The second-order valence-electron chi connectivity index (χ2n) is 5.27. The standard InChI is InChI=1S/C15H20ClFN2O2/c1-10(19-7-5-12(21-2)6-8-19)15(20)18-11-3-4-14(17)13(16)9-11/h3-4,9-10,12H,5-8H2,1-2H3,(H,18,20)/t10-/m0/s1. The molecule has 1 heterocycles. The van der Waals surface area contributed by atoms with Crippen LogP contribution in [0.2, 0.25) is 5.02 Å². The molecule has 1 atom stereocenters. The lowest BCUT2D eigenvalue weighted by atomic mass is 10.1. The Labute approximate surface area is 129 Å². The summed E-state index contributed by atoms with van der Waals surface area (Å²) in [4.78, 5) is 14.4. The van der Waals surface area contributed by atoms with Gasteiger partial charge in [-0.15, -0.1) is 0 Å². The van der Waals surface area contributed by atoms with Gasteiger partial charge in [0.2, 0.25) is 5.91 Å². The first-order valence-electron chi connectivity index (χ1n) is 7.04. The van der Waals surface area contributed by atoms with E-state index in [1.54, 1.807) is 7.11 Å². The van der Waals surface area contributed by atoms with Crippen molar-refractivity contribution < 1.29 is 13.9 Å². The third-order valence-corrected chi connectivity index (χ3v) is 4.21. The maximum atomic E-state index is 13.1. The highest BCUT2D eigenvalue weighted by molar-refractivity contribution is 6.31. The predicted octanol–water partition coefficient (Wildman–Crippen LogP) is 2.92. The zero-order valence-corrected chi connectivity index (χ0v) is 13.0. The van der Waals surface area contributed by atoms with E-state index < -0.39 is 5.82 Å². The number of piperidine rings is 1. The van der Waals surface area contributed by atoms with Crippen LogP contribution in [-0.4, -0.2) is 43.2 Å². The van der Waals surface area contributed by atoms with E-state index in [-0.39, 0.29) is 23.1 Å². The van der Waals surface area contributed by atoms with Crippen molar-refractivity contribution in [2.75, 3.05) is 25.5 Å². The summed E-state index contributed by atoms with van der Waals surface area (Å²) in [5, 5.41) is 2.77. The van der Waals surface area contributed by atoms with Gasteiger partial charge in [0.05, 0.1) is 17.2 Å². The molecule has 1 aliphatic rings. The third-order valence-electron chi connectivity index (χ3n) is 3.92. The van der Waals surface area contributed by atoms with Crippen LogP contribution in [0.1, 0.15) is 19.8 Å². The van der Waals surface area contributed by atoms with Gasteiger partial charge in [-0.1, -0.05) is 11.6 Å². The minimum Gasteiger partial charge on any atom is -0.381 e. The van der Waals surface area contributed by atoms with Gasteiger partial charge in [0, 0.05) is 25.9 Å². The zero-order chi connectivity index (χ0) is 15.4. The number of hydrogen-bond donors (Lipinski definition) is 1. The van der Waals surface area contributed by atoms with Gasteiger partial charge < -0.3 is 10.1 Å². The average Bonchev–Trinajstić information content (AvgIpc) is 2.50. The van der Waals surface area contributed by atoms with Gasteiger partial charge in [0.25, 0.3) is 0 Å². The summed E-state index contributed by atoms with van der Waals surface area (Å²) in [6, 6.07) is 3.92. The largest absolute Gasteiger partial charge is 0.381 e. The van der Waals surface area contributed by atoms with Gasteiger partial charge in [-0.3, -0.25) is 9.69 Å². The fraction of sp³-hybridized carbons (Fsp3) is 0.533. The van der Waals surface area contributed by atoms with Crippen LogP contribution in [-0.2, 0) is 9.53 Å². The second kappa shape index (κ2) is 7.20. The lowest BCUT2D eigenvalue weighted by molar-refractivity contribution is -0.121. The minimum atomic E-state index is -0.496. The molecule has 1 aliphatic heterocycles. The number of amides is 1.